The standard InChI is InChI=1S/C21H23N5O3/c1-15(17-7-9-19(10-8-17)25-12-11-22-14-25)23-21(27)24(3)16(2)18-5-4-6-20(13-18)26(28)29/h4-16H,1-3H3,(H,23,27)/t15-,16-/m0/s1. The van der Waals surface area contributed by atoms with Gasteiger partial charge in [0.25, 0.3) is 5.69 Å². The summed E-state index contributed by atoms with van der Waals surface area (Å²) in [6.45, 7) is 3.75. The van der Waals surface area contributed by atoms with Crippen LogP contribution in [0.2, 0.25) is 0 Å². The normalized spacial score (nSPS) is 12.8. The summed E-state index contributed by atoms with van der Waals surface area (Å²) >= 11 is 0. The first-order chi connectivity index (χ1) is 13.9. The van der Waals surface area contributed by atoms with Gasteiger partial charge in [0.2, 0.25) is 0 Å². The van der Waals surface area contributed by atoms with Crippen molar-refractivity contribution in [3.05, 3.63) is 88.5 Å². The molecular formula is C21H23N5O3. The van der Waals surface area contributed by atoms with E-state index in [0.717, 1.165) is 11.3 Å². The lowest BCUT2D eigenvalue weighted by atomic mass is 10.1. The fraction of sp³-hybridized carbons (Fsp3) is 0.238. The van der Waals surface area contributed by atoms with Gasteiger partial charge in [-0.3, -0.25) is 10.1 Å². The lowest BCUT2D eigenvalue weighted by Crippen LogP contribution is -2.39. The summed E-state index contributed by atoms with van der Waals surface area (Å²) < 4.78 is 1.90. The second-order valence-corrected chi connectivity index (χ2v) is 6.87. The predicted octanol–water partition coefficient (Wildman–Crippen LogP) is 4.24. The maximum Gasteiger partial charge on any atom is 0.318 e. The van der Waals surface area contributed by atoms with E-state index in [-0.39, 0.29) is 23.8 Å². The number of carbonyl (C=O) groups is 1. The zero-order chi connectivity index (χ0) is 21.0. The summed E-state index contributed by atoms with van der Waals surface area (Å²) in [5.41, 5.74) is 2.67. The van der Waals surface area contributed by atoms with Gasteiger partial charge >= 0.3 is 6.03 Å². The van der Waals surface area contributed by atoms with Crippen molar-refractivity contribution in [2.45, 2.75) is 25.9 Å². The van der Waals surface area contributed by atoms with E-state index < -0.39 is 4.92 Å². The number of benzene rings is 2. The number of nitro groups is 1. The Kier molecular flexibility index (Phi) is 5.92. The molecule has 0 aliphatic heterocycles. The molecule has 0 radical (unpaired) electrons. The van der Waals surface area contributed by atoms with Crippen molar-refractivity contribution in [3.8, 4) is 5.69 Å². The molecule has 0 unspecified atom stereocenters. The van der Waals surface area contributed by atoms with Crippen LogP contribution in [0.4, 0.5) is 10.5 Å². The van der Waals surface area contributed by atoms with Gasteiger partial charge in [-0.15, -0.1) is 0 Å². The van der Waals surface area contributed by atoms with Crippen LogP contribution in [0.5, 0.6) is 0 Å². The van der Waals surface area contributed by atoms with Crippen molar-refractivity contribution in [2.24, 2.45) is 0 Å². The van der Waals surface area contributed by atoms with Crippen molar-refractivity contribution in [2.75, 3.05) is 7.05 Å². The van der Waals surface area contributed by atoms with Crippen LogP contribution in [0.25, 0.3) is 5.69 Å². The number of urea groups is 1. The summed E-state index contributed by atoms with van der Waals surface area (Å²) in [6.07, 6.45) is 5.31. The van der Waals surface area contributed by atoms with Crippen LogP contribution < -0.4 is 5.32 Å². The van der Waals surface area contributed by atoms with E-state index in [1.807, 2.05) is 48.9 Å². The van der Waals surface area contributed by atoms with Crippen LogP contribution in [0, 0.1) is 10.1 Å². The summed E-state index contributed by atoms with van der Waals surface area (Å²) in [6, 6.07) is 13.4. The first kappa shape index (κ1) is 20.1. The fourth-order valence-electron chi connectivity index (χ4n) is 3.02. The topological polar surface area (TPSA) is 93.3 Å². The zero-order valence-electron chi connectivity index (χ0n) is 16.5. The van der Waals surface area contributed by atoms with Crippen LogP contribution in [0.3, 0.4) is 0 Å². The zero-order valence-corrected chi connectivity index (χ0v) is 16.5. The molecule has 3 rings (SSSR count). The van der Waals surface area contributed by atoms with E-state index in [2.05, 4.69) is 10.3 Å². The number of hydrogen-bond donors (Lipinski definition) is 1. The molecule has 8 nitrogen and oxygen atoms in total. The number of hydrogen-bond acceptors (Lipinski definition) is 4. The van der Waals surface area contributed by atoms with Gasteiger partial charge in [-0.05, 0) is 37.1 Å². The Bertz CT molecular complexity index is 986. The Labute approximate surface area is 168 Å². The Morgan fingerprint density at radius 2 is 1.90 bits per heavy atom. The third-order valence-corrected chi connectivity index (χ3v) is 5.00. The summed E-state index contributed by atoms with van der Waals surface area (Å²) in [4.78, 5) is 28.8. The smallest absolute Gasteiger partial charge is 0.318 e. The number of imidazole rings is 1. The molecule has 0 saturated heterocycles. The molecule has 1 heterocycles. The number of aromatic nitrogens is 2. The fourth-order valence-corrected chi connectivity index (χ4v) is 3.02. The van der Waals surface area contributed by atoms with Gasteiger partial charge in [0, 0.05) is 37.3 Å². The second kappa shape index (κ2) is 8.55. The van der Waals surface area contributed by atoms with E-state index in [1.54, 1.807) is 31.7 Å². The first-order valence-corrected chi connectivity index (χ1v) is 9.23. The highest BCUT2D eigenvalue weighted by atomic mass is 16.6. The highest BCUT2D eigenvalue weighted by molar-refractivity contribution is 5.75. The molecule has 0 saturated carbocycles. The SMILES string of the molecule is C[C@H](NC(=O)N(C)[C@@H](C)c1cccc([N+](=O)[O-])c1)c1ccc(-n2ccnc2)cc1. The molecule has 2 atom stereocenters. The number of nitrogens with one attached hydrogen (secondary N) is 1. The van der Waals surface area contributed by atoms with Crippen molar-refractivity contribution < 1.29 is 9.72 Å². The maximum absolute atomic E-state index is 12.7. The van der Waals surface area contributed by atoms with Crippen molar-refractivity contribution in [3.63, 3.8) is 0 Å². The number of nitrogens with zero attached hydrogens (tertiary/aromatic N) is 4. The van der Waals surface area contributed by atoms with Crippen LogP contribution in [0.1, 0.15) is 37.1 Å². The van der Waals surface area contributed by atoms with Crippen molar-refractivity contribution in [1.29, 1.82) is 0 Å². The minimum absolute atomic E-state index is 0.00880. The first-order valence-electron chi connectivity index (χ1n) is 9.23. The predicted molar refractivity (Wildman–Crippen MR) is 110 cm³/mol. The molecule has 1 aromatic heterocycles. The molecular weight excluding hydrogens is 370 g/mol. The molecule has 29 heavy (non-hydrogen) atoms. The van der Waals surface area contributed by atoms with E-state index >= 15 is 0 Å². The molecule has 0 aliphatic carbocycles. The monoisotopic (exact) mass is 393 g/mol. The number of amides is 2. The average Bonchev–Trinajstić information content (AvgIpc) is 3.27. The molecule has 3 aromatic rings. The lowest BCUT2D eigenvalue weighted by Gasteiger charge is -2.27. The van der Waals surface area contributed by atoms with Gasteiger partial charge in [-0.25, -0.2) is 9.78 Å². The third kappa shape index (κ3) is 4.60. The van der Waals surface area contributed by atoms with Gasteiger partial charge in [0.05, 0.1) is 23.3 Å². The molecule has 150 valence electrons. The van der Waals surface area contributed by atoms with E-state index in [9.17, 15) is 14.9 Å². The summed E-state index contributed by atoms with van der Waals surface area (Å²) in [5, 5.41) is 14.0. The highest BCUT2D eigenvalue weighted by Gasteiger charge is 2.21. The summed E-state index contributed by atoms with van der Waals surface area (Å²) in [5.74, 6) is 0. The van der Waals surface area contributed by atoms with Crippen molar-refractivity contribution >= 4 is 11.7 Å². The Morgan fingerprint density at radius 3 is 2.52 bits per heavy atom. The van der Waals surface area contributed by atoms with E-state index in [1.165, 1.54) is 17.0 Å². The molecule has 0 bridgehead atoms. The minimum atomic E-state index is -0.439. The number of non-ortho nitro benzene ring substituents is 1. The van der Waals surface area contributed by atoms with Crippen LogP contribution >= 0.6 is 0 Å². The van der Waals surface area contributed by atoms with Gasteiger partial charge in [-0.2, -0.15) is 0 Å². The average molecular weight is 393 g/mol. The Balaban J connectivity index is 1.65. The largest absolute Gasteiger partial charge is 0.331 e. The number of rotatable bonds is 6. The summed E-state index contributed by atoms with van der Waals surface area (Å²) in [7, 11) is 1.67. The maximum atomic E-state index is 12.7. The van der Waals surface area contributed by atoms with Gasteiger partial charge in [-0.1, -0.05) is 24.3 Å². The Hall–Kier alpha value is -3.68. The molecule has 0 fully saturated rings. The third-order valence-electron chi connectivity index (χ3n) is 5.00. The number of carbonyl (C=O) groups excluding carboxylic acids is 1. The van der Waals surface area contributed by atoms with E-state index in [0.29, 0.717) is 5.56 Å². The quantitative estimate of drug-likeness (QED) is 0.501. The highest BCUT2D eigenvalue weighted by Crippen LogP contribution is 2.24. The van der Waals surface area contributed by atoms with Gasteiger partial charge in [0.1, 0.15) is 0 Å². The molecule has 8 heteroatoms. The van der Waals surface area contributed by atoms with Gasteiger partial charge < -0.3 is 14.8 Å². The Morgan fingerprint density at radius 1 is 1.17 bits per heavy atom. The van der Waals surface area contributed by atoms with Crippen LogP contribution in [0.15, 0.2) is 67.3 Å². The minimum Gasteiger partial charge on any atom is -0.331 e. The number of nitro benzene ring substituents is 1. The van der Waals surface area contributed by atoms with Crippen LogP contribution in [-0.2, 0) is 0 Å². The molecule has 2 aromatic carbocycles. The molecule has 0 aliphatic rings. The van der Waals surface area contributed by atoms with E-state index in [4.69, 9.17) is 0 Å². The second-order valence-electron chi connectivity index (χ2n) is 6.87. The lowest BCUT2D eigenvalue weighted by molar-refractivity contribution is -0.384. The molecule has 0 spiro atoms. The molecule has 1 N–H and O–H groups in total. The van der Waals surface area contributed by atoms with Gasteiger partial charge in [0.15, 0.2) is 0 Å². The van der Waals surface area contributed by atoms with Crippen LogP contribution in [-0.4, -0.2) is 32.5 Å². The van der Waals surface area contributed by atoms with Crippen molar-refractivity contribution in [1.82, 2.24) is 19.8 Å². The molecule has 2 amide bonds.